The number of benzene rings is 1. The predicted octanol–water partition coefficient (Wildman–Crippen LogP) is 3.88. The van der Waals surface area contributed by atoms with Crippen LogP contribution in [0.1, 0.15) is 61.2 Å². The molecule has 2 rings (SSSR count). The van der Waals surface area contributed by atoms with Gasteiger partial charge in [-0.1, -0.05) is 26.8 Å². The van der Waals surface area contributed by atoms with Crippen LogP contribution in [0.4, 0.5) is 0 Å². The lowest BCUT2D eigenvalue weighted by Gasteiger charge is -2.18. The van der Waals surface area contributed by atoms with Gasteiger partial charge in [-0.2, -0.15) is 0 Å². The van der Waals surface area contributed by atoms with Crippen LogP contribution in [0.5, 0.6) is 11.5 Å². The SMILES string of the molecule is CCc1nc(C)ncc1C(=O)NC(C)c1ccc(OCC(C)C)c(OC)c1. The van der Waals surface area contributed by atoms with E-state index in [1.165, 1.54) is 0 Å². The largest absolute Gasteiger partial charge is 0.493 e. The van der Waals surface area contributed by atoms with E-state index in [-0.39, 0.29) is 11.9 Å². The van der Waals surface area contributed by atoms with Gasteiger partial charge in [0.05, 0.1) is 31.0 Å². The minimum atomic E-state index is -0.198. The molecule has 1 heterocycles. The van der Waals surface area contributed by atoms with E-state index in [2.05, 4.69) is 29.1 Å². The van der Waals surface area contributed by atoms with E-state index in [1.54, 1.807) is 13.3 Å². The number of nitrogens with one attached hydrogen (secondary N) is 1. The predicted molar refractivity (Wildman–Crippen MR) is 105 cm³/mol. The lowest BCUT2D eigenvalue weighted by molar-refractivity contribution is 0.0938. The van der Waals surface area contributed by atoms with Gasteiger partial charge in [-0.05, 0) is 43.9 Å². The first-order valence-corrected chi connectivity index (χ1v) is 9.29. The molecule has 27 heavy (non-hydrogen) atoms. The number of hydrogen-bond acceptors (Lipinski definition) is 5. The fourth-order valence-corrected chi connectivity index (χ4v) is 2.66. The molecule has 146 valence electrons. The van der Waals surface area contributed by atoms with E-state index in [4.69, 9.17) is 9.47 Å². The molecule has 0 bridgehead atoms. The molecule has 0 aliphatic rings. The molecule has 6 nitrogen and oxygen atoms in total. The van der Waals surface area contributed by atoms with Crippen molar-refractivity contribution in [1.29, 1.82) is 0 Å². The number of amides is 1. The number of rotatable bonds is 8. The summed E-state index contributed by atoms with van der Waals surface area (Å²) < 4.78 is 11.2. The Morgan fingerprint density at radius 1 is 1.22 bits per heavy atom. The van der Waals surface area contributed by atoms with E-state index < -0.39 is 0 Å². The molecule has 2 aromatic rings. The topological polar surface area (TPSA) is 73.3 Å². The highest BCUT2D eigenvalue weighted by molar-refractivity contribution is 5.95. The van der Waals surface area contributed by atoms with Crippen molar-refractivity contribution in [1.82, 2.24) is 15.3 Å². The first kappa shape index (κ1) is 20.7. The Hall–Kier alpha value is -2.63. The molecule has 1 unspecified atom stereocenters. The van der Waals surface area contributed by atoms with Crippen LogP contribution in [0.15, 0.2) is 24.4 Å². The van der Waals surface area contributed by atoms with Gasteiger partial charge < -0.3 is 14.8 Å². The summed E-state index contributed by atoms with van der Waals surface area (Å²) in [5.41, 5.74) is 2.20. The van der Waals surface area contributed by atoms with Crippen molar-refractivity contribution in [3.05, 3.63) is 47.0 Å². The van der Waals surface area contributed by atoms with Crippen molar-refractivity contribution in [2.24, 2.45) is 5.92 Å². The summed E-state index contributed by atoms with van der Waals surface area (Å²) in [6.07, 6.45) is 2.27. The van der Waals surface area contributed by atoms with E-state index in [0.29, 0.717) is 41.8 Å². The summed E-state index contributed by atoms with van der Waals surface area (Å²) in [4.78, 5) is 21.2. The summed E-state index contributed by atoms with van der Waals surface area (Å²) in [5, 5.41) is 3.01. The average Bonchev–Trinajstić information content (AvgIpc) is 2.65. The minimum Gasteiger partial charge on any atom is -0.493 e. The molecule has 1 atom stereocenters. The van der Waals surface area contributed by atoms with Gasteiger partial charge in [-0.25, -0.2) is 9.97 Å². The zero-order valence-corrected chi connectivity index (χ0v) is 17.0. The number of aryl methyl sites for hydroxylation is 2. The second-order valence-corrected chi connectivity index (χ2v) is 6.94. The third-order valence-electron chi connectivity index (χ3n) is 4.18. The van der Waals surface area contributed by atoms with Crippen LogP contribution in [-0.4, -0.2) is 29.6 Å². The number of ether oxygens (including phenoxy) is 2. The molecule has 6 heteroatoms. The van der Waals surface area contributed by atoms with Gasteiger partial charge in [-0.3, -0.25) is 4.79 Å². The summed E-state index contributed by atoms with van der Waals surface area (Å²) >= 11 is 0. The Balaban J connectivity index is 2.15. The molecule has 0 spiro atoms. The zero-order valence-electron chi connectivity index (χ0n) is 17.0. The number of methoxy groups -OCH3 is 1. The van der Waals surface area contributed by atoms with Gasteiger partial charge in [0.15, 0.2) is 11.5 Å². The first-order valence-electron chi connectivity index (χ1n) is 9.29. The molecular formula is C21H29N3O3. The van der Waals surface area contributed by atoms with Gasteiger partial charge in [0, 0.05) is 6.20 Å². The van der Waals surface area contributed by atoms with Crippen molar-refractivity contribution in [3.8, 4) is 11.5 Å². The Morgan fingerprint density at radius 2 is 1.96 bits per heavy atom. The van der Waals surface area contributed by atoms with E-state index in [1.807, 2.05) is 39.0 Å². The molecule has 1 aromatic heterocycles. The number of carbonyl (C=O) groups is 1. The molecule has 1 aromatic carbocycles. The lowest BCUT2D eigenvalue weighted by atomic mass is 10.1. The van der Waals surface area contributed by atoms with E-state index in [9.17, 15) is 4.79 Å². The second-order valence-electron chi connectivity index (χ2n) is 6.94. The molecule has 0 saturated carbocycles. The zero-order chi connectivity index (χ0) is 20.0. The van der Waals surface area contributed by atoms with Crippen molar-refractivity contribution in [2.75, 3.05) is 13.7 Å². The molecule has 0 aliphatic carbocycles. The van der Waals surface area contributed by atoms with Crippen LogP contribution in [-0.2, 0) is 6.42 Å². The minimum absolute atomic E-state index is 0.182. The highest BCUT2D eigenvalue weighted by Gasteiger charge is 2.17. The van der Waals surface area contributed by atoms with Crippen molar-refractivity contribution in [2.45, 2.75) is 47.1 Å². The molecule has 1 amide bonds. The van der Waals surface area contributed by atoms with Crippen LogP contribution >= 0.6 is 0 Å². The fourth-order valence-electron chi connectivity index (χ4n) is 2.66. The first-order chi connectivity index (χ1) is 12.8. The highest BCUT2D eigenvalue weighted by Crippen LogP contribution is 2.30. The third kappa shape index (κ3) is 5.42. The molecule has 1 N–H and O–H groups in total. The van der Waals surface area contributed by atoms with Crippen LogP contribution < -0.4 is 14.8 Å². The maximum absolute atomic E-state index is 12.7. The quantitative estimate of drug-likeness (QED) is 0.762. The fraction of sp³-hybridized carbons (Fsp3) is 0.476. The maximum Gasteiger partial charge on any atom is 0.255 e. The summed E-state index contributed by atoms with van der Waals surface area (Å²) in [7, 11) is 1.61. The van der Waals surface area contributed by atoms with Gasteiger partial charge in [0.25, 0.3) is 5.91 Å². The Kier molecular flexibility index (Phi) is 7.16. The molecule has 0 aliphatic heterocycles. The van der Waals surface area contributed by atoms with Crippen LogP contribution in [0.25, 0.3) is 0 Å². The molecular weight excluding hydrogens is 342 g/mol. The smallest absolute Gasteiger partial charge is 0.255 e. The molecule has 0 saturated heterocycles. The second kappa shape index (κ2) is 9.35. The summed E-state index contributed by atoms with van der Waals surface area (Å²) in [5.74, 6) is 2.27. The lowest BCUT2D eigenvalue weighted by Crippen LogP contribution is -2.28. The van der Waals surface area contributed by atoms with Crippen LogP contribution in [0, 0.1) is 12.8 Å². The van der Waals surface area contributed by atoms with Crippen molar-refractivity contribution >= 4 is 5.91 Å². The number of aromatic nitrogens is 2. The molecule has 0 radical (unpaired) electrons. The maximum atomic E-state index is 12.7. The van der Waals surface area contributed by atoms with E-state index in [0.717, 1.165) is 11.3 Å². The monoisotopic (exact) mass is 371 g/mol. The van der Waals surface area contributed by atoms with Crippen LogP contribution in [0.2, 0.25) is 0 Å². The number of carbonyl (C=O) groups excluding carboxylic acids is 1. The summed E-state index contributed by atoms with van der Waals surface area (Å²) in [6.45, 7) is 10.5. The van der Waals surface area contributed by atoms with Gasteiger partial charge >= 0.3 is 0 Å². The van der Waals surface area contributed by atoms with Crippen molar-refractivity contribution < 1.29 is 14.3 Å². The van der Waals surface area contributed by atoms with Gasteiger partial charge in [0.2, 0.25) is 0 Å². The Morgan fingerprint density at radius 3 is 2.59 bits per heavy atom. The third-order valence-corrected chi connectivity index (χ3v) is 4.18. The number of hydrogen-bond donors (Lipinski definition) is 1. The van der Waals surface area contributed by atoms with Crippen LogP contribution in [0.3, 0.4) is 0 Å². The average molecular weight is 371 g/mol. The summed E-state index contributed by atoms with van der Waals surface area (Å²) in [6, 6.07) is 5.52. The van der Waals surface area contributed by atoms with E-state index >= 15 is 0 Å². The normalized spacial score (nSPS) is 12.0. The Labute approximate surface area is 161 Å². The van der Waals surface area contributed by atoms with Crippen molar-refractivity contribution in [3.63, 3.8) is 0 Å². The highest BCUT2D eigenvalue weighted by atomic mass is 16.5. The Bertz CT molecular complexity index is 790. The standard InChI is InChI=1S/C21H29N3O3/c1-7-18-17(11-22-15(5)24-18)21(25)23-14(4)16-8-9-19(20(10-16)26-6)27-12-13(2)3/h8-11,13-14H,7,12H2,1-6H3,(H,23,25). The number of nitrogens with zero attached hydrogens (tertiary/aromatic N) is 2. The molecule has 0 fully saturated rings. The van der Waals surface area contributed by atoms with Gasteiger partial charge in [-0.15, -0.1) is 0 Å². The van der Waals surface area contributed by atoms with Gasteiger partial charge in [0.1, 0.15) is 5.82 Å².